The molecule has 2 aliphatic heterocycles. The second-order valence-corrected chi connectivity index (χ2v) is 14.0. The summed E-state index contributed by atoms with van der Waals surface area (Å²) in [6, 6.07) is 6.54. The molecule has 1 N–H and O–H groups in total. The van der Waals surface area contributed by atoms with E-state index in [4.69, 9.17) is 16.3 Å². The summed E-state index contributed by atoms with van der Waals surface area (Å²) in [5.74, 6) is -1.86. The lowest BCUT2D eigenvalue weighted by Crippen LogP contribution is -2.55. The monoisotopic (exact) mass is 599 g/mol. The molecule has 0 radical (unpaired) electrons. The summed E-state index contributed by atoms with van der Waals surface area (Å²) in [5.41, 5.74) is -2.08. The number of alkyl halides is 1. The number of likely N-dealkylation sites (tertiary alicyclic amines) is 2. The van der Waals surface area contributed by atoms with Crippen LogP contribution in [0, 0.1) is 5.92 Å². The molecule has 3 rings (SSSR count). The summed E-state index contributed by atoms with van der Waals surface area (Å²) in [6.07, 6.45) is 1.88. The van der Waals surface area contributed by atoms with E-state index in [0.29, 0.717) is 18.0 Å². The molecule has 0 aliphatic carbocycles. The first-order valence-electron chi connectivity index (χ1n) is 13.4. The third-order valence-electron chi connectivity index (χ3n) is 7.13. The number of ether oxygens (including phenoxy) is 1. The lowest BCUT2D eigenvalue weighted by atomic mass is 9.79. The Morgan fingerprint density at radius 2 is 1.77 bits per heavy atom. The van der Waals surface area contributed by atoms with Gasteiger partial charge in [0.05, 0.1) is 0 Å². The summed E-state index contributed by atoms with van der Waals surface area (Å²) in [7, 11) is -3.37. The number of carbonyl (C=O) groups is 3. The zero-order valence-electron chi connectivity index (χ0n) is 23.7. The topological polar surface area (TPSA) is 113 Å². The number of nitrogens with one attached hydrogen (secondary N) is 1. The highest BCUT2D eigenvalue weighted by molar-refractivity contribution is 7.93. The van der Waals surface area contributed by atoms with Crippen LogP contribution in [0.3, 0.4) is 0 Å². The molecule has 2 fully saturated rings. The minimum atomic E-state index is -3.37. The first kappa shape index (κ1) is 31.9. The van der Waals surface area contributed by atoms with Gasteiger partial charge in [-0.15, -0.1) is 0 Å². The predicted molar refractivity (Wildman–Crippen MR) is 151 cm³/mol. The molecule has 40 heavy (non-hydrogen) atoms. The second-order valence-electron chi connectivity index (χ2n) is 11.7. The van der Waals surface area contributed by atoms with E-state index in [2.05, 4.69) is 5.32 Å². The van der Waals surface area contributed by atoms with Crippen LogP contribution >= 0.6 is 11.6 Å². The minimum absolute atomic E-state index is 0.0534. The van der Waals surface area contributed by atoms with E-state index in [9.17, 15) is 22.8 Å². The Bertz CT molecular complexity index is 1240. The maximum Gasteiger partial charge on any atom is 0.410 e. The fraction of sp³-hybridized carbons (Fsp3) is 0.607. The van der Waals surface area contributed by atoms with Gasteiger partial charge >= 0.3 is 6.09 Å². The molecular weight excluding hydrogens is 561 g/mol. The van der Waals surface area contributed by atoms with E-state index in [1.165, 1.54) is 6.08 Å². The van der Waals surface area contributed by atoms with Gasteiger partial charge in [0.2, 0.25) is 5.91 Å². The number of piperidine rings is 2. The van der Waals surface area contributed by atoms with Gasteiger partial charge in [-0.25, -0.2) is 17.6 Å². The predicted octanol–water partition coefficient (Wildman–Crippen LogP) is 4.07. The molecule has 3 atom stereocenters. The highest BCUT2D eigenvalue weighted by Gasteiger charge is 2.46. The largest absolute Gasteiger partial charge is 0.444 e. The summed E-state index contributed by atoms with van der Waals surface area (Å²) >= 11 is 6.52. The standard InChI is InChI=1S/C28H39ClFN3O6S/c1-19(11-17-40(5,37)38)31-25(35)28(30)12-15-32(16-13-28)24(34)21-10-14-33(26(36)39-27(2,3)4)18-22(21)20-8-6-7-9-23(20)29/h6-9,11,17,19,21-22H,10,12-16,18H2,1-5H3,(H,31,35)/b17-11-/t19-,21+,22+/m1/s1. The van der Waals surface area contributed by atoms with Gasteiger partial charge in [-0.05, 0) is 45.7 Å². The number of sulfone groups is 1. The van der Waals surface area contributed by atoms with Crippen LogP contribution in [-0.2, 0) is 24.2 Å². The Balaban J connectivity index is 1.70. The zero-order chi connectivity index (χ0) is 29.9. The summed E-state index contributed by atoms with van der Waals surface area (Å²) in [5, 5.41) is 3.96. The van der Waals surface area contributed by atoms with Crippen molar-refractivity contribution in [3.05, 3.63) is 46.3 Å². The maximum absolute atomic E-state index is 15.6. The van der Waals surface area contributed by atoms with Crippen molar-refractivity contribution in [2.45, 2.75) is 70.2 Å². The lowest BCUT2D eigenvalue weighted by Gasteiger charge is -2.42. The molecule has 12 heteroatoms. The SMILES string of the molecule is C[C@H](/C=C\S(C)(=O)=O)NC(=O)C1(F)CCN(C(=O)[C@H]2CCN(C(=O)OC(C)(C)C)C[C@H]2c2ccccc2Cl)CC1. The van der Waals surface area contributed by atoms with E-state index >= 15 is 4.39 Å². The Labute approximate surface area is 241 Å². The second kappa shape index (κ2) is 12.5. The fourth-order valence-corrected chi connectivity index (χ4v) is 5.82. The number of rotatable bonds is 6. The Morgan fingerprint density at radius 3 is 2.35 bits per heavy atom. The Hall–Kier alpha value is -2.66. The highest BCUT2D eigenvalue weighted by Crippen LogP contribution is 2.39. The van der Waals surface area contributed by atoms with Crippen LogP contribution in [0.4, 0.5) is 9.18 Å². The van der Waals surface area contributed by atoms with Gasteiger partial charge in [-0.2, -0.15) is 0 Å². The van der Waals surface area contributed by atoms with Gasteiger partial charge in [0.25, 0.3) is 5.91 Å². The Morgan fingerprint density at radius 1 is 1.15 bits per heavy atom. The van der Waals surface area contributed by atoms with Crippen LogP contribution in [0.25, 0.3) is 0 Å². The van der Waals surface area contributed by atoms with Crippen molar-refractivity contribution in [2.75, 3.05) is 32.4 Å². The molecule has 0 unspecified atom stereocenters. The average Bonchev–Trinajstić information content (AvgIpc) is 2.86. The molecule has 2 heterocycles. The van der Waals surface area contributed by atoms with Crippen LogP contribution in [-0.4, -0.2) is 85.9 Å². The van der Waals surface area contributed by atoms with Crippen molar-refractivity contribution >= 4 is 39.3 Å². The van der Waals surface area contributed by atoms with Gasteiger partial charge in [-0.1, -0.05) is 35.9 Å². The quantitative estimate of drug-likeness (QED) is 0.527. The summed E-state index contributed by atoms with van der Waals surface area (Å²) in [4.78, 5) is 42.4. The number of hydrogen-bond acceptors (Lipinski definition) is 6. The summed E-state index contributed by atoms with van der Waals surface area (Å²) < 4.78 is 43.8. The third kappa shape index (κ3) is 8.42. The van der Waals surface area contributed by atoms with Crippen LogP contribution in [0.5, 0.6) is 0 Å². The molecule has 2 aliphatic rings. The van der Waals surface area contributed by atoms with Crippen molar-refractivity contribution in [3.63, 3.8) is 0 Å². The van der Waals surface area contributed by atoms with Gasteiger partial charge in [0, 0.05) is 73.6 Å². The van der Waals surface area contributed by atoms with Crippen molar-refractivity contribution in [3.8, 4) is 0 Å². The number of benzene rings is 1. The number of hydrogen-bond donors (Lipinski definition) is 1. The molecule has 0 aromatic heterocycles. The normalized spacial score (nSPS) is 22.6. The Kier molecular flexibility index (Phi) is 9.93. The van der Waals surface area contributed by atoms with Crippen LogP contribution < -0.4 is 5.32 Å². The van der Waals surface area contributed by atoms with E-state index < -0.39 is 45.1 Å². The molecule has 1 aromatic carbocycles. The first-order chi connectivity index (χ1) is 18.5. The van der Waals surface area contributed by atoms with E-state index in [1.807, 2.05) is 12.1 Å². The molecule has 0 spiro atoms. The molecule has 9 nitrogen and oxygen atoms in total. The van der Waals surface area contributed by atoms with Crippen molar-refractivity contribution in [1.82, 2.24) is 15.1 Å². The average molecular weight is 600 g/mol. The smallest absolute Gasteiger partial charge is 0.410 e. The molecule has 222 valence electrons. The first-order valence-corrected chi connectivity index (χ1v) is 15.7. The summed E-state index contributed by atoms with van der Waals surface area (Å²) in [6.45, 7) is 7.62. The fourth-order valence-electron chi connectivity index (χ4n) is 5.02. The van der Waals surface area contributed by atoms with Crippen molar-refractivity contribution in [1.29, 1.82) is 0 Å². The van der Waals surface area contributed by atoms with E-state index in [1.54, 1.807) is 49.6 Å². The molecular formula is C28H39ClFN3O6S. The third-order valence-corrected chi connectivity index (χ3v) is 8.13. The van der Waals surface area contributed by atoms with Gasteiger partial charge in [-0.3, -0.25) is 9.59 Å². The minimum Gasteiger partial charge on any atom is -0.444 e. The highest BCUT2D eigenvalue weighted by atomic mass is 35.5. The van der Waals surface area contributed by atoms with E-state index in [0.717, 1.165) is 17.2 Å². The van der Waals surface area contributed by atoms with E-state index in [-0.39, 0.29) is 44.3 Å². The van der Waals surface area contributed by atoms with Gasteiger partial charge in [0.1, 0.15) is 5.60 Å². The van der Waals surface area contributed by atoms with Crippen LogP contribution in [0.15, 0.2) is 35.7 Å². The molecule has 3 amide bonds. The van der Waals surface area contributed by atoms with Crippen LogP contribution in [0.2, 0.25) is 5.02 Å². The van der Waals surface area contributed by atoms with Gasteiger partial charge < -0.3 is 19.9 Å². The number of amides is 3. The van der Waals surface area contributed by atoms with Crippen LogP contribution in [0.1, 0.15) is 58.4 Å². The number of nitrogens with zero attached hydrogens (tertiary/aromatic N) is 2. The lowest BCUT2D eigenvalue weighted by molar-refractivity contribution is -0.146. The zero-order valence-corrected chi connectivity index (χ0v) is 25.2. The maximum atomic E-state index is 15.6. The number of halogens is 2. The molecule has 2 saturated heterocycles. The molecule has 0 saturated carbocycles. The number of carbonyl (C=O) groups excluding carboxylic acids is 3. The van der Waals surface area contributed by atoms with Crippen molar-refractivity contribution < 1.29 is 31.9 Å². The van der Waals surface area contributed by atoms with Crippen molar-refractivity contribution in [2.24, 2.45) is 5.92 Å². The van der Waals surface area contributed by atoms with Gasteiger partial charge in [0.15, 0.2) is 15.5 Å². The molecule has 0 bridgehead atoms. The molecule has 1 aromatic rings.